The molecule has 0 bridgehead atoms. The molecule has 0 saturated heterocycles. The maximum atomic E-state index is 12.8. The number of fused-ring (bicyclic) bond motifs is 1. The van der Waals surface area contributed by atoms with Gasteiger partial charge in [-0.25, -0.2) is 9.36 Å². The molecule has 2 aromatic carbocycles. The summed E-state index contributed by atoms with van der Waals surface area (Å²) < 4.78 is 1.56. The molecule has 0 radical (unpaired) electrons. The Kier molecular flexibility index (Phi) is 4.44. The Balaban J connectivity index is 1.80. The number of nitrogens with zero attached hydrogens (tertiary/aromatic N) is 1. The zero-order valence-corrected chi connectivity index (χ0v) is 15.8. The Bertz CT molecular complexity index is 1340. The summed E-state index contributed by atoms with van der Waals surface area (Å²) in [6.07, 6.45) is 0. The summed E-state index contributed by atoms with van der Waals surface area (Å²) in [4.78, 5) is 28.0. The largest absolute Gasteiger partial charge is 0.333 e. The smallest absolute Gasteiger partial charge is 0.305 e. The van der Waals surface area contributed by atoms with Crippen LogP contribution in [0.15, 0.2) is 63.5 Å². The molecule has 0 spiro atoms. The molecule has 4 nitrogen and oxygen atoms in total. The van der Waals surface area contributed by atoms with Gasteiger partial charge in [0.15, 0.2) is 0 Å². The van der Waals surface area contributed by atoms with E-state index in [4.69, 9.17) is 11.6 Å². The predicted octanol–water partition coefficient (Wildman–Crippen LogP) is 4.10. The Morgan fingerprint density at radius 2 is 1.78 bits per heavy atom. The van der Waals surface area contributed by atoms with Gasteiger partial charge in [0.25, 0.3) is 5.56 Å². The highest BCUT2D eigenvalue weighted by Gasteiger charge is 2.14. The van der Waals surface area contributed by atoms with Crippen LogP contribution in [0.5, 0.6) is 0 Å². The van der Waals surface area contributed by atoms with Gasteiger partial charge in [0.1, 0.15) is 4.70 Å². The lowest BCUT2D eigenvalue weighted by molar-refractivity contribution is 0.903. The molecule has 2 aromatic heterocycles. The van der Waals surface area contributed by atoms with Gasteiger partial charge >= 0.3 is 5.69 Å². The Hall–Kier alpha value is -3.07. The van der Waals surface area contributed by atoms with Crippen LogP contribution in [0.2, 0.25) is 5.02 Å². The number of aromatic nitrogens is 2. The minimum absolute atomic E-state index is 0.287. The zero-order valence-electron chi connectivity index (χ0n) is 14.2. The molecule has 0 saturated carbocycles. The van der Waals surface area contributed by atoms with Crippen molar-refractivity contribution in [2.24, 2.45) is 0 Å². The Morgan fingerprint density at radius 1 is 1.04 bits per heavy atom. The molecule has 1 N–H and O–H groups in total. The van der Waals surface area contributed by atoms with Gasteiger partial charge < -0.3 is 4.98 Å². The summed E-state index contributed by atoms with van der Waals surface area (Å²) in [7, 11) is 0. The first kappa shape index (κ1) is 17.3. The van der Waals surface area contributed by atoms with Crippen LogP contribution in [0, 0.1) is 18.8 Å². The van der Waals surface area contributed by atoms with Gasteiger partial charge in [-0.1, -0.05) is 41.6 Å². The Morgan fingerprint density at radius 3 is 2.52 bits per heavy atom. The van der Waals surface area contributed by atoms with Crippen LogP contribution in [-0.2, 0) is 0 Å². The van der Waals surface area contributed by atoms with Crippen LogP contribution < -0.4 is 11.2 Å². The quantitative estimate of drug-likeness (QED) is 0.496. The van der Waals surface area contributed by atoms with Crippen LogP contribution in [0.3, 0.4) is 0 Å². The van der Waals surface area contributed by atoms with Crippen molar-refractivity contribution < 1.29 is 0 Å². The number of aryl methyl sites for hydroxylation is 1. The minimum Gasteiger partial charge on any atom is -0.305 e. The topological polar surface area (TPSA) is 54.9 Å². The van der Waals surface area contributed by atoms with Crippen LogP contribution >= 0.6 is 22.9 Å². The van der Waals surface area contributed by atoms with Crippen molar-refractivity contribution in [3.63, 3.8) is 0 Å². The molecule has 6 heteroatoms. The summed E-state index contributed by atoms with van der Waals surface area (Å²) in [5.41, 5.74) is 2.48. The van der Waals surface area contributed by atoms with Crippen LogP contribution in [0.4, 0.5) is 0 Å². The number of thiophene rings is 1. The number of halogens is 1. The van der Waals surface area contributed by atoms with E-state index in [1.807, 2.05) is 42.6 Å². The fourth-order valence-electron chi connectivity index (χ4n) is 2.76. The van der Waals surface area contributed by atoms with Crippen LogP contribution in [0.1, 0.15) is 16.7 Å². The van der Waals surface area contributed by atoms with Crippen molar-refractivity contribution in [3.05, 3.63) is 96.5 Å². The second-order valence-corrected chi connectivity index (χ2v) is 7.26. The maximum absolute atomic E-state index is 12.8. The van der Waals surface area contributed by atoms with E-state index in [-0.39, 0.29) is 10.6 Å². The van der Waals surface area contributed by atoms with E-state index in [1.54, 1.807) is 18.2 Å². The van der Waals surface area contributed by atoms with E-state index < -0.39 is 5.69 Å². The van der Waals surface area contributed by atoms with Crippen molar-refractivity contribution in [3.8, 4) is 17.5 Å². The molecule has 2 heterocycles. The summed E-state index contributed by atoms with van der Waals surface area (Å²) in [6, 6.07) is 14.6. The van der Waals surface area contributed by atoms with Crippen molar-refractivity contribution in [1.82, 2.24) is 9.55 Å². The molecule has 4 aromatic rings. The van der Waals surface area contributed by atoms with Gasteiger partial charge in [0.2, 0.25) is 0 Å². The molecule has 0 aliphatic heterocycles. The molecule has 0 fully saturated rings. The number of aromatic amines is 1. The molecule has 27 heavy (non-hydrogen) atoms. The number of rotatable bonds is 1. The lowest BCUT2D eigenvalue weighted by Crippen LogP contribution is -2.33. The lowest BCUT2D eigenvalue weighted by Gasteiger charge is -2.07. The SMILES string of the molecule is Cc1csc2c(=O)n(-c3ccc(C#Cc4ccccc4)cc3Cl)c(=O)[nH]c12. The first-order valence-corrected chi connectivity index (χ1v) is 9.40. The van der Waals surface area contributed by atoms with Gasteiger partial charge in [0, 0.05) is 11.1 Å². The number of hydrogen-bond donors (Lipinski definition) is 1. The second kappa shape index (κ2) is 6.92. The maximum Gasteiger partial charge on any atom is 0.333 e. The predicted molar refractivity (Wildman–Crippen MR) is 110 cm³/mol. The minimum atomic E-state index is -0.515. The third-order valence-corrected chi connectivity index (χ3v) is 5.51. The molecule has 0 amide bonds. The van der Waals surface area contributed by atoms with E-state index in [0.717, 1.165) is 15.7 Å². The van der Waals surface area contributed by atoms with Gasteiger partial charge in [-0.3, -0.25) is 4.79 Å². The number of benzene rings is 2. The molecular weight excluding hydrogens is 380 g/mol. The first-order chi connectivity index (χ1) is 13.0. The van der Waals surface area contributed by atoms with Gasteiger partial charge in [-0.2, -0.15) is 0 Å². The van der Waals surface area contributed by atoms with Crippen molar-refractivity contribution in [2.45, 2.75) is 6.92 Å². The molecule has 0 unspecified atom stereocenters. The summed E-state index contributed by atoms with van der Waals surface area (Å²) >= 11 is 7.67. The average Bonchev–Trinajstić information content (AvgIpc) is 3.03. The van der Waals surface area contributed by atoms with Crippen LogP contribution in [-0.4, -0.2) is 9.55 Å². The first-order valence-electron chi connectivity index (χ1n) is 8.15. The fraction of sp³-hybridized carbons (Fsp3) is 0.0476. The molecule has 0 aliphatic rings. The second-order valence-electron chi connectivity index (χ2n) is 5.98. The number of hydrogen-bond acceptors (Lipinski definition) is 3. The summed E-state index contributed by atoms with van der Waals surface area (Å²) in [5, 5.41) is 2.13. The highest BCUT2D eigenvalue weighted by molar-refractivity contribution is 7.17. The van der Waals surface area contributed by atoms with E-state index in [2.05, 4.69) is 16.8 Å². The third-order valence-electron chi connectivity index (χ3n) is 4.12. The van der Waals surface area contributed by atoms with Crippen molar-refractivity contribution >= 4 is 33.2 Å². The standard InChI is InChI=1S/C21H13ClN2O2S/c1-13-12-27-19-18(13)23-21(26)24(20(19)25)17-10-9-15(11-16(17)22)8-7-14-5-3-2-4-6-14/h2-6,9-12H,1H3,(H,23,26). The third kappa shape index (κ3) is 3.21. The average molecular weight is 393 g/mol. The Labute approximate surface area is 163 Å². The van der Waals surface area contributed by atoms with E-state index in [9.17, 15) is 9.59 Å². The van der Waals surface area contributed by atoms with Crippen LogP contribution in [0.25, 0.3) is 15.9 Å². The fourth-order valence-corrected chi connectivity index (χ4v) is 3.96. The summed E-state index contributed by atoms with van der Waals surface area (Å²) in [5.74, 6) is 6.09. The monoisotopic (exact) mass is 392 g/mol. The number of nitrogens with one attached hydrogen (secondary N) is 1. The zero-order chi connectivity index (χ0) is 19.0. The van der Waals surface area contributed by atoms with Crippen molar-refractivity contribution in [2.75, 3.05) is 0 Å². The highest BCUT2D eigenvalue weighted by atomic mass is 35.5. The number of H-pyrrole nitrogens is 1. The van der Waals surface area contributed by atoms with Gasteiger partial charge in [0.05, 0.1) is 16.2 Å². The molecular formula is C21H13ClN2O2S. The molecule has 132 valence electrons. The van der Waals surface area contributed by atoms with E-state index in [1.165, 1.54) is 11.3 Å². The van der Waals surface area contributed by atoms with Gasteiger partial charge in [-0.05, 0) is 48.2 Å². The molecule has 0 atom stereocenters. The normalized spacial score (nSPS) is 10.6. The lowest BCUT2D eigenvalue weighted by atomic mass is 10.1. The van der Waals surface area contributed by atoms with Crippen molar-refractivity contribution in [1.29, 1.82) is 0 Å². The molecule has 4 rings (SSSR count). The van der Waals surface area contributed by atoms with Gasteiger partial charge in [-0.15, -0.1) is 11.3 Å². The molecule has 0 aliphatic carbocycles. The summed E-state index contributed by atoms with van der Waals surface area (Å²) in [6.45, 7) is 1.85. The van der Waals surface area contributed by atoms with E-state index in [0.29, 0.717) is 21.5 Å². The highest BCUT2D eigenvalue weighted by Crippen LogP contribution is 2.22. The van der Waals surface area contributed by atoms with E-state index >= 15 is 0 Å².